The Balaban J connectivity index is 1.09. The van der Waals surface area contributed by atoms with E-state index in [9.17, 15) is 8.78 Å². The number of benzene rings is 2. The Morgan fingerprint density at radius 1 is 0.978 bits per heavy atom. The molecule has 1 aliphatic carbocycles. The normalized spacial score (nSPS) is 20.0. The van der Waals surface area contributed by atoms with Crippen molar-refractivity contribution < 1.29 is 13.5 Å². The first kappa shape index (κ1) is 29.7. The number of nitrogen functional groups attached to an aromatic ring is 1. The number of aromatic nitrogens is 6. The Bertz CT molecular complexity index is 1770. The van der Waals surface area contributed by atoms with Crippen molar-refractivity contribution in [1.29, 1.82) is 0 Å². The van der Waals surface area contributed by atoms with Crippen LogP contribution in [0.1, 0.15) is 49.5 Å². The van der Waals surface area contributed by atoms with Gasteiger partial charge in [-0.1, -0.05) is 12.1 Å². The molecule has 1 saturated heterocycles. The summed E-state index contributed by atoms with van der Waals surface area (Å²) in [6.07, 6.45) is 6.89. The molecule has 2 fully saturated rings. The van der Waals surface area contributed by atoms with Crippen LogP contribution in [0.5, 0.6) is 0 Å². The number of piperazine rings is 1. The first-order valence-corrected chi connectivity index (χ1v) is 15.8. The fraction of sp³-hybridized carbons (Fsp3) is 0.455. The third-order valence-corrected chi connectivity index (χ3v) is 9.49. The monoisotopic (exact) mass is 615 g/mol. The van der Waals surface area contributed by atoms with Gasteiger partial charge in [-0.2, -0.15) is 5.10 Å². The molecule has 12 heteroatoms. The second-order valence-electron chi connectivity index (χ2n) is 12.2. The van der Waals surface area contributed by atoms with Crippen molar-refractivity contribution in [2.24, 2.45) is 0 Å². The second kappa shape index (κ2) is 12.8. The van der Waals surface area contributed by atoms with E-state index in [-0.39, 0.29) is 18.0 Å². The number of fused-ring (bicyclic) bond motifs is 2. The van der Waals surface area contributed by atoms with Crippen molar-refractivity contribution in [3.63, 3.8) is 0 Å². The summed E-state index contributed by atoms with van der Waals surface area (Å²) in [7, 11) is 1.76. The van der Waals surface area contributed by atoms with Gasteiger partial charge in [0.2, 0.25) is 0 Å². The summed E-state index contributed by atoms with van der Waals surface area (Å²) in [5.41, 5.74) is 10.1. The zero-order valence-corrected chi connectivity index (χ0v) is 25.6. The van der Waals surface area contributed by atoms with Crippen LogP contribution < -0.4 is 5.73 Å². The highest BCUT2D eigenvalue weighted by molar-refractivity contribution is 5.99. The maximum Gasteiger partial charge on any atom is 0.164 e. The van der Waals surface area contributed by atoms with E-state index < -0.39 is 11.6 Å². The van der Waals surface area contributed by atoms with Crippen LogP contribution in [0.2, 0.25) is 0 Å². The van der Waals surface area contributed by atoms with Gasteiger partial charge >= 0.3 is 0 Å². The van der Waals surface area contributed by atoms with E-state index in [0.717, 1.165) is 93.5 Å². The molecule has 3 N–H and O–H groups in total. The quantitative estimate of drug-likeness (QED) is 0.224. The molecule has 1 saturated carbocycles. The summed E-state index contributed by atoms with van der Waals surface area (Å²) in [5.74, 6) is -0.312. The van der Waals surface area contributed by atoms with Crippen LogP contribution in [0.15, 0.2) is 42.7 Å². The van der Waals surface area contributed by atoms with Crippen molar-refractivity contribution in [2.75, 3.05) is 52.2 Å². The van der Waals surface area contributed by atoms with Crippen molar-refractivity contribution >= 4 is 27.9 Å². The number of nitrogens with two attached hydrogens (primary N) is 1. The molecule has 0 unspecified atom stereocenters. The van der Waals surface area contributed by atoms with Gasteiger partial charge in [-0.25, -0.2) is 28.4 Å². The highest BCUT2D eigenvalue weighted by atomic mass is 19.1. The number of methoxy groups -OCH3 is 1. The number of anilines is 1. The minimum absolute atomic E-state index is 0.0126. The lowest BCUT2D eigenvalue weighted by Gasteiger charge is -2.42. The van der Waals surface area contributed by atoms with Crippen LogP contribution >= 0.6 is 0 Å². The number of nitrogens with one attached hydrogen (secondary N) is 1. The van der Waals surface area contributed by atoms with Crippen LogP contribution in [-0.4, -0.2) is 92.0 Å². The van der Waals surface area contributed by atoms with Gasteiger partial charge < -0.3 is 20.4 Å². The topological polar surface area (TPSA) is 114 Å². The van der Waals surface area contributed by atoms with Crippen LogP contribution in [0, 0.1) is 11.6 Å². The molecular formula is C33H39F2N9O. The standard InChI is InChI=1S/C33H39F2N9O/c1-45-17-3-12-42-13-15-43(16-14-42)22-7-9-23(10-8-22)44-33-30(32(36)37-20-38-33)31(41-44)21-6-11-27-28(18-21)40-29(39-27)19-24-25(34)4-2-5-26(24)35/h2,4-6,11,18,20,22-23H,3,7-10,12-17,19H2,1H3,(H,39,40)(H2,36,37,38)/t22-,23+. The molecule has 4 heterocycles. The maximum atomic E-state index is 14.3. The minimum Gasteiger partial charge on any atom is -0.385 e. The summed E-state index contributed by atoms with van der Waals surface area (Å²) in [6.45, 7) is 6.41. The van der Waals surface area contributed by atoms with E-state index in [1.165, 1.54) is 24.5 Å². The minimum atomic E-state index is -0.589. The van der Waals surface area contributed by atoms with Crippen molar-refractivity contribution in [3.05, 3.63) is 65.7 Å². The van der Waals surface area contributed by atoms with Gasteiger partial charge in [0.1, 0.15) is 35.3 Å². The van der Waals surface area contributed by atoms with Crippen molar-refractivity contribution in [2.45, 2.75) is 50.6 Å². The molecular weight excluding hydrogens is 576 g/mol. The predicted octanol–water partition coefficient (Wildman–Crippen LogP) is 4.96. The van der Waals surface area contributed by atoms with E-state index in [2.05, 4.69) is 29.7 Å². The lowest BCUT2D eigenvalue weighted by molar-refractivity contribution is 0.0662. The fourth-order valence-electron chi connectivity index (χ4n) is 7.06. The number of ether oxygens (including phenoxy) is 1. The zero-order chi connectivity index (χ0) is 30.9. The molecule has 0 spiro atoms. The molecule has 45 heavy (non-hydrogen) atoms. The number of H-pyrrole nitrogens is 1. The van der Waals surface area contributed by atoms with Crippen LogP contribution in [0.3, 0.4) is 0 Å². The number of hydrogen-bond donors (Lipinski definition) is 2. The largest absolute Gasteiger partial charge is 0.385 e. The van der Waals surface area contributed by atoms with E-state index in [1.54, 1.807) is 7.11 Å². The number of hydrogen-bond acceptors (Lipinski definition) is 8. The third-order valence-electron chi connectivity index (χ3n) is 9.49. The Morgan fingerprint density at radius 3 is 2.49 bits per heavy atom. The highest BCUT2D eigenvalue weighted by Gasteiger charge is 2.31. The Labute approximate surface area is 260 Å². The summed E-state index contributed by atoms with van der Waals surface area (Å²) < 4.78 is 35.8. The van der Waals surface area contributed by atoms with Gasteiger partial charge in [-0.05, 0) is 56.4 Å². The van der Waals surface area contributed by atoms with Crippen LogP contribution in [0.25, 0.3) is 33.3 Å². The van der Waals surface area contributed by atoms with Gasteiger partial charge in [-0.15, -0.1) is 0 Å². The molecule has 0 bridgehead atoms. The first-order valence-electron chi connectivity index (χ1n) is 15.8. The maximum absolute atomic E-state index is 14.3. The van der Waals surface area contributed by atoms with E-state index in [4.69, 9.17) is 15.6 Å². The molecule has 7 rings (SSSR count). The average Bonchev–Trinajstić information content (AvgIpc) is 3.65. The van der Waals surface area contributed by atoms with E-state index in [0.29, 0.717) is 28.9 Å². The van der Waals surface area contributed by atoms with Gasteiger partial charge in [0.15, 0.2) is 5.65 Å². The van der Waals surface area contributed by atoms with Gasteiger partial charge in [0.25, 0.3) is 0 Å². The summed E-state index contributed by atoms with van der Waals surface area (Å²) in [6, 6.07) is 10.5. The molecule has 236 valence electrons. The number of imidazole rings is 1. The Kier molecular flexibility index (Phi) is 8.43. The van der Waals surface area contributed by atoms with Crippen LogP contribution in [-0.2, 0) is 11.2 Å². The number of nitrogens with zero attached hydrogens (tertiary/aromatic N) is 7. The number of aromatic amines is 1. The fourth-order valence-corrected chi connectivity index (χ4v) is 7.06. The first-order chi connectivity index (χ1) is 22.0. The predicted molar refractivity (Wildman–Crippen MR) is 170 cm³/mol. The molecule has 0 amide bonds. The second-order valence-corrected chi connectivity index (χ2v) is 12.2. The molecule has 2 aliphatic rings. The zero-order valence-electron chi connectivity index (χ0n) is 25.6. The van der Waals surface area contributed by atoms with Crippen LogP contribution in [0.4, 0.5) is 14.6 Å². The molecule has 0 radical (unpaired) electrons. The van der Waals surface area contributed by atoms with Gasteiger partial charge in [-0.3, -0.25) is 4.90 Å². The Morgan fingerprint density at radius 2 is 1.73 bits per heavy atom. The smallest absolute Gasteiger partial charge is 0.164 e. The molecule has 1 aliphatic heterocycles. The molecule has 2 aromatic carbocycles. The van der Waals surface area contributed by atoms with E-state index >= 15 is 0 Å². The highest BCUT2D eigenvalue weighted by Crippen LogP contribution is 2.37. The lowest BCUT2D eigenvalue weighted by atomic mass is 9.90. The average molecular weight is 616 g/mol. The van der Waals surface area contributed by atoms with E-state index in [1.807, 2.05) is 22.9 Å². The molecule has 0 atom stereocenters. The molecule has 3 aromatic heterocycles. The number of halogens is 2. The summed E-state index contributed by atoms with van der Waals surface area (Å²) in [4.78, 5) is 22.0. The SMILES string of the molecule is COCCCN1CCN([C@H]2CC[C@@H](n3nc(-c4ccc5[nH]c(Cc6c(F)cccc6F)nc5c4)c4c(N)ncnc43)CC2)CC1. The Hall–Kier alpha value is -4.00. The third kappa shape index (κ3) is 6.01. The van der Waals surface area contributed by atoms with Crippen molar-refractivity contribution in [1.82, 2.24) is 39.5 Å². The van der Waals surface area contributed by atoms with Gasteiger partial charge in [0, 0.05) is 70.0 Å². The summed E-state index contributed by atoms with van der Waals surface area (Å²) >= 11 is 0. The van der Waals surface area contributed by atoms with Gasteiger partial charge in [0.05, 0.1) is 22.5 Å². The lowest BCUT2D eigenvalue weighted by Crippen LogP contribution is -2.51. The number of rotatable bonds is 9. The van der Waals surface area contributed by atoms with Crippen molar-refractivity contribution in [3.8, 4) is 11.3 Å². The molecule has 5 aromatic rings. The summed E-state index contributed by atoms with van der Waals surface area (Å²) in [5, 5.41) is 5.83. The molecule has 10 nitrogen and oxygen atoms in total.